The molecular formula is C9H16F3NO2. The van der Waals surface area contributed by atoms with Crippen molar-refractivity contribution >= 4 is 5.97 Å². The van der Waals surface area contributed by atoms with Gasteiger partial charge in [-0.1, -0.05) is 13.8 Å². The van der Waals surface area contributed by atoms with Crippen LogP contribution in [0.2, 0.25) is 0 Å². The Bertz CT molecular complexity index is 228. The van der Waals surface area contributed by atoms with Crippen LogP contribution in [0.15, 0.2) is 0 Å². The second-order valence-electron chi connectivity index (χ2n) is 3.79. The molecule has 90 valence electrons. The predicted octanol–water partition coefficient (Wildman–Crippen LogP) is 1.86. The molecule has 0 amide bonds. The average Bonchev–Trinajstić information content (AvgIpc) is 2.01. The molecule has 15 heavy (non-hydrogen) atoms. The number of hydrogen-bond acceptors (Lipinski definition) is 3. The molecule has 0 bridgehead atoms. The first-order chi connectivity index (χ1) is 6.65. The molecule has 0 unspecified atom stereocenters. The van der Waals surface area contributed by atoms with E-state index in [1.165, 1.54) is 6.92 Å². The van der Waals surface area contributed by atoms with Gasteiger partial charge < -0.3 is 10.5 Å². The maximum absolute atomic E-state index is 12.6. The Morgan fingerprint density at radius 3 is 2.13 bits per heavy atom. The quantitative estimate of drug-likeness (QED) is 0.746. The number of nitrogens with two attached hydrogens (primary N) is 1. The minimum Gasteiger partial charge on any atom is -0.464 e. The third-order valence-electron chi connectivity index (χ3n) is 1.88. The molecule has 0 spiro atoms. The first-order valence-corrected chi connectivity index (χ1v) is 4.68. The monoisotopic (exact) mass is 227 g/mol. The Morgan fingerprint density at radius 1 is 1.40 bits per heavy atom. The van der Waals surface area contributed by atoms with Crippen LogP contribution in [0, 0.1) is 5.92 Å². The molecule has 0 aromatic carbocycles. The van der Waals surface area contributed by atoms with Crippen LogP contribution in [-0.4, -0.2) is 24.3 Å². The number of halogens is 3. The molecular weight excluding hydrogens is 211 g/mol. The Kier molecular flexibility index (Phi) is 4.58. The summed E-state index contributed by atoms with van der Waals surface area (Å²) in [7, 11) is 0. The summed E-state index contributed by atoms with van der Waals surface area (Å²) >= 11 is 0. The molecule has 0 radical (unpaired) electrons. The summed E-state index contributed by atoms with van der Waals surface area (Å²) in [6.07, 6.45) is -5.27. The van der Waals surface area contributed by atoms with Gasteiger partial charge in [0.25, 0.3) is 0 Å². The predicted molar refractivity (Wildman–Crippen MR) is 49.1 cm³/mol. The lowest BCUT2D eigenvalue weighted by atomic mass is 9.89. The van der Waals surface area contributed by atoms with E-state index < -0.39 is 24.1 Å². The van der Waals surface area contributed by atoms with Crippen molar-refractivity contribution < 1.29 is 22.7 Å². The van der Waals surface area contributed by atoms with Crippen LogP contribution >= 0.6 is 0 Å². The first-order valence-electron chi connectivity index (χ1n) is 4.68. The van der Waals surface area contributed by atoms with Crippen LogP contribution < -0.4 is 5.73 Å². The lowest BCUT2D eigenvalue weighted by Gasteiger charge is -2.30. The van der Waals surface area contributed by atoms with Crippen LogP contribution in [0.5, 0.6) is 0 Å². The summed E-state index contributed by atoms with van der Waals surface area (Å²) in [5.74, 6) is -1.76. The van der Waals surface area contributed by atoms with E-state index in [2.05, 4.69) is 4.74 Å². The summed E-state index contributed by atoms with van der Waals surface area (Å²) in [4.78, 5) is 11.2. The molecule has 3 nitrogen and oxygen atoms in total. The van der Waals surface area contributed by atoms with Gasteiger partial charge in [-0.3, -0.25) is 0 Å². The number of hydrogen-bond donors (Lipinski definition) is 1. The van der Waals surface area contributed by atoms with Crippen LogP contribution in [0.3, 0.4) is 0 Å². The smallest absolute Gasteiger partial charge is 0.417 e. The third-order valence-corrected chi connectivity index (χ3v) is 1.88. The van der Waals surface area contributed by atoms with Crippen LogP contribution in [-0.2, 0) is 9.53 Å². The van der Waals surface area contributed by atoms with Crippen LogP contribution in [0.25, 0.3) is 0 Å². The van der Waals surface area contributed by atoms with Gasteiger partial charge in [0.05, 0.1) is 6.61 Å². The summed E-state index contributed by atoms with van der Waals surface area (Å²) in [6.45, 7) is 4.44. The van der Waals surface area contributed by atoms with Crippen molar-refractivity contribution in [3.63, 3.8) is 0 Å². The highest BCUT2D eigenvalue weighted by atomic mass is 19.4. The van der Waals surface area contributed by atoms with E-state index in [-0.39, 0.29) is 12.5 Å². The van der Waals surface area contributed by atoms with E-state index in [9.17, 15) is 18.0 Å². The molecule has 6 heteroatoms. The fraction of sp³-hybridized carbons (Fsp3) is 0.889. The summed E-state index contributed by atoms with van der Waals surface area (Å²) in [5, 5.41) is 0. The number of carbonyl (C=O) groups excluding carboxylic acids is 1. The van der Waals surface area contributed by atoms with Gasteiger partial charge in [-0.2, -0.15) is 13.2 Å². The third kappa shape index (κ3) is 3.37. The molecule has 0 aliphatic rings. The van der Waals surface area contributed by atoms with Gasteiger partial charge in [0.15, 0.2) is 0 Å². The van der Waals surface area contributed by atoms with E-state index in [0.29, 0.717) is 0 Å². The fourth-order valence-electron chi connectivity index (χ4n) is 1.22. The minimum absolute atomic E-state index is 0.119. The van der Waals surface area contributed by atoms with Gasteiger partial charge >= 0.3 is 12.1 Å². The molecule has 0 fully saturated rings. The number of alkyl halides is 3. The Morgan fingerprint density at radius 2 is 1.87 bits per heavy atom. The van der Waals surface area contributed by atoms with Crippen molar-refractivity contribution in [3.05, 3.63) is 0 Å². The molecule has 0 aliphatic carbocycles. The molecule has 0 aliphatic heterocycles. The molecule has 0 aromatic heterocycles. The molecule has 1 atom stereocenters. The zero-order valence-corrected chi connectivity index (χ0v) is 9.02. The van der Waals surface area contributed by atoms with E-state index in [1.807, 2.05) is 0 Å². The maximum atomic E-state index is 12.6. The molecule has 0 heterocycles. The lowest BCUT2D eigenvalue weighted by molar-refractivity contribution is -0.208. The fourth-order valence-corrected chi connectivity index (χ4v) is 1.22. The molecule has 2 N–H and O–H groups in total. The van der Waals surface area contributed by atoms with Crippen molar-refractivity contribution in [3.8, 4) is 0 Å². The zero-order chi connectivity index (χ0) is 12.3. The largest absolute Gasteiger partial charge is 0.464 e. The van der Waals surface area contributed by atoms with E-state index in [4.69, 9.17) is 5.73 Å². The van der Waals surface area contributed by atoms with Crippen molar-refractivity contribution in [2.24, 2.45) is 11.7 Å². The van der Waals surface area contributed by atoms with Crippen molar-refractivity contribution in [1.82, 2.24) is 0 Å². The molecule has 0 saturated heterocycles. The summed E-state index contributed by atoms with van der Waals surface area (Å²) in [6, 6.07) is 0. The van der Waals surface area contributed by atoms with Gasteiger partial charge in [-0.25, -0.2) is 4.79 Å². The second-order valence-corrected chi connectivity index (χ2v) is 3.79. The Hall–Kier alpha value is -0.780. The van der Waals surface area contributed by atoms with Gasteiger partial charge in [0.1, 0.15) is 0 Å². The zero-order valence-electron chi connectivity index (χ0n) is 9.02. The van der Waals surface area contributed by atoms with Gasteiger partial charge in [-0.05, 0) is 19.3 Å². The number of carbonyl (C=O) groups is 1. The lowest BCUT2D eigenvalue weighted by Crippen LogP contribution is -2.60. The maximum Gasteiger partial charge on any atom is 0.417 e. The van der Waals surface area contributed by atoms with Gasteiger partial charge in [0.2, 0.25) is 5.54 Å². The highest BCUT2D eigenvalue weighted by molar-refractivity contribution is 5.81. The highest BCUT2D eigenvalue weighted by Gasteiger charge is 2.58. The number of esters is 1. The number of rotatable bonds is 4. The van der Waals surface area contributed by atoms with Crippen molar-refractivity contribution in [2.45, 2.75) is 38.9 Å². The van der Waals surface area contributed by atoms with Gasteiger partial charge in [0, 0.05) is 0 Å². The SMILES string of the molecule is CCOC(=O)[C@](N)(CC(C)C)C(F)(F)F. The first kappa shape index (κ1) is 14.2. The van der Waals surface area contributed by atoms with E-state index >= 15 is 0 Å². The normalized spacial score (nSPS) is 16.3. The average molecular weight is 227 g/mol. The molecule has 0 saturated carbocycles. The number of ether oxygens (including phenoxy) is 1. The van der Waals surface area contributed by atoms with Gasteiger partial charge in [-0.15, -0.1) is 0 Å². The minimum atomic E-state index is -4.79. The van der Waals surface area contributed by atoms with Crippen LogP contribution in [0.1, 0.15) is 27.2 Å². The summed E-state index contributed by atoms with van der Waals surface area (Å²) < 4.78 is 42.2. The standard InChI is InChI=1S/C9H16F3NO2/c1-4-15-7(14)8(13,5-6(2)3)9(10,11)12/h6H,4-5,13H2,1-3H3/t8-/m1/s1. The molecule has 0 rings (SSSR count). The Balaban J connectivity index is 4.94. The van der Waals surface area contributed by atoms with E-state index in [0.717, 1.165) is 0 Å². The topological polar surface area (TPSA) is 52.3 Å². The highest BCUT2D eigenvalue weighted by Crippen LogP contribution is 2.34. The second kappa shape index (κ2) is 4.83. The van der Waals surface area contributed by atoms with Crippen molar-refractivity contribution in [2.75, 3.05) is 6.61 Å². The van der Waals surface area contributed by atoms with Crippen molar-refractivity contribution in [1.29, 1.82) is 0 Å². The molecule has 0 aromatic rings. The van der Waals surface area contributed by atoms with E-state index in [1.54, 1.807) is 13.8 Å². The van der Waals surface area contributed by atoms with Crippen LogP contribution in [0.4, 0.5) is 13.2 Å². The Labute approximate surface area is 86.8 Å². The summed E-state index contributed by atoms with van der Waals surface area (Å²) in [5.41, 5.74) is 2.21.